The minimum atomic E-state index is -3.48. The Hall–Kier alpha value is -0.100. The van der Waals surface area contributed by atoms with Gasteiger partial charge in [-0.25, -0.2) is 13.1 Å². The van der Waals surface area contributed by atoms with Gasteiger partial charge in [-0.1, -0.05) is 26.0 Å². The van der Waals surface area contributed by atoms with Crippen molar-refractivity contribution in [2.45, 2.75) is 31.6 Å². The first-order valence-electron chi connectivity index (χ1n) is 6.09. The van der Waals surface area contributed by atoms with Crippen molar-refractivity contribution in [2.75, 3.05) is 12.4 Å². The molecule has 0 aliphatic rings. The molecule has 1 N–H and O–H groups in total. The van der Waals surface area contributed by atoms with E-state index in [0.717, 1.165) is 12.8 Å². The van der Waals surface area contributed by atoms with E-state index >= 15 is 0 Å². The van der Waals surface area contributed by atoms with Gasteiger partial charge < -0.3 is 0 Å². The quantitative estimate of drug-likeness (QED) is 0.745. The van der Waals surface area contributed by atoms with E-state index in [1.807, 2.05) is 13.8 Å². The van der Waals surface area contributed by atoms with Crippen LogP contribution < -0.4 is 4.72 Å². The van der Waals surface area contributed by atoms with Crippen LogP contribution in [0.15, 0.2) is 33.6 Å². The third-order valence-electron chi connectivity index (χ3n) is 2.85. The molecule has 3 nitrogen and oxygen atoms in total. The Morgan fingerprint density at radius 3 is 2.53 bits per heavy atom. The number of benzene rings is 1. The highest BCUT2D eigenvalue weighted by atomic mass is 79.9. The maximum atomic E-state index is 12.2. The van der Waals surface area contributed by atoms with E-state index in [0.29, 0.717) is 16.9 Å². The van der Waals surface area contributed by atoms with Gasteiger partial charge in [-0.3, -0.25) is 0 Å². The van der Waals surface area contributed by atoms with E-state index in [9.17, 15) is 8.42 Å². The van der Waals surface area contributed by atoms with Gasteiger partial charge in [0.05, 0.1) is 4.90 Å². The Morgan fingerprint density at radius 1 is 1.32 bits per heavy atom. The minimum Gasteiger partial charge on any atom is -0.211 e. The first-order valence-corrected chi connectivity index (χ1v) is 8.90. The van der Waals surface area contributed by atoms with Gasteiger partial charge in [-0.15, -0.1) is 11.6 Å². The number of hydrogen-bond donors (Lipinski definition) is 1. The summed E-state index contributed by atoms with van der Waals surface area (Å²) in [6, 6.07) is 6.79. The fourth-order valence-electron chi connectivity index (χ4n) is 1.66. The molecule has 0 aliphatic carbocycles. The van der Waals surface area contributed by atoms with Crippen LogP contribution in [-0.4, -0.2) is 20.8 Å². The highest BCUT2D eigenvalue weighted by Gasteiger charge is 2.23. The van der Waals surface area contributed by atoms with Crippen molar-refractivity contribution in [1.29, 1.82) is 0 Å². The smallest absolute Gasteiger partial charge is 0.211 e. The standard InChI is InChI=1S/C13H19BrClNO2S/c1-13(2,8-5-9-15)10-16-19(17,18)12-7-4-3-6-11(12)14/h3-4,6-7,16H,5,8-10H2,1-2H3. The Balaban J connectivity index is 2.74. The molecule has 0 bridgehead atoms. The third-order valence-corrected chi connectivity index (χ3v) is 5.53. The normalized spacial score (nSPS) is 12.6. The van der Waals surface area contributed by atoms with Gasteiger partial charge in [-0.05, 0) is 46.3 Å². The summed E-state index contributed by atoms with van der Waals surface area (Å²) in [6.07, 6.45) is 1.76. The van der Waals surface area contributed by atoms with E-state index in [-0.39, 0.29) is 10.3 Å². The van der Waals surface area contributed by atoms with Crippen molar-refractivity contribution in [3.8, 4) is 0 Å². The zero-order valence-electron chi connectivity index (χ0n) is 11.1. The number of halogens is 2. The summed E-state index contributed by atoms with van der Waals surface area (Å²) < 4.78 is 27.6. The van der Waals surface area contributed by atoms with Crippen LogP contribution in [0.5, 0.6) is 0 Å². The summed E-state index contributed by atoms with van der Waals surface area (Å²) >= 11 is 8.93. The van der Waals surface area contributed by atoms with Gasteiger partial charge in [-0.2, -0.15) is 0 Å². The molecule has 0 fully saturated rings. The average molecular weight is 369 g/mol. The minimum absolute atomic E-state index is 0.108. The fraction of sp³-hybridized carbons (Fsp3) is 0.538. The van der Waals surface area contributed by atoms with E-state index in [2.05, 4.69) is 20.7 Å². The second kappa shape index (κ2) is 7.07. The molecule has 0 heterocycles. The van der Waals surface area contributed by atoms with Crippen LogP contribution in [0.4, 0.5) is 0 Å². The molecular formula is C13H19BrClNO2S. The molecule has 0 aromatic heterocycles. The Labute approximate surface area is 128 Å². The summed E-state index contributed by atoms with van der Waals surface area (Å²) in [4.78, 5) is 0.267. The number of hydrogen-bond acceptors (Lipinski definition) is 2. The molecule has 0 amide bonds. The summed E-state index contributed by atoms with van der Waals surface area (Å²) in [5.41, 5.74) is -0.108. The van der Waals surface area contributed by atoms with E-state index in [1.165, 1.54) is 0 Å². The predicted molar refractivity (Wildman–Crippen MR) is 83.1 cm³/mol. The van der Waals surface area contributed by atoms with Crippen molar-refractivity contribution in [1.82, 2.24) is 4.72 Å². The topological polar surface area (TPSA) is 46.2 Å². The van der Waals surface area contributed by atoms with Crippen LogP contribution in [-0.2, 0) is 10.0 Å². The maximum absolute atomic E-state index is 12.2. The molecule has 1 aromatic carbocycles. The van der Waals surface area contributed by atoms with Crippen molar-refractivity contribution >= 4 is 37.6 Å². The molecule has 0 radical (unpaired) electrons. The van der Waals surface area contributed by atoms with Crippen LogP contribution >= 0.6 is 27.5 Å². The lowest BCUT2D eigenvalue weighted by Gasteiger charge is -2.24. The lowest BCUT2D eigenvalue weighted by molar-refractivity contribution is 0.331. The van der Waals surface area contributed by atoms with Crippen LogP contribution in [0.2, 0.25) is 0 Å². The molecule has 19 heavy (non-hydrogen) atoms. The molecule has 0 saturated carbocycles. The molecule has 1 rings (SSSR count). The summed E-state index contributed by atoms with van der Waals surface area (Å²) in [5, 5.41) is 0. The molecule has 0 spiro atoms. The predicted octanol–water partition coefficient (Wildman–Crippen LogP) is 3.77. The molecule has 6 heteroatoms. The first-order chi connectivity index (χ1) is 8.78. The van der Waals surface area contributed by atoms with Crippen LogP contribution in [0, 0.1) is 5.41 Å². The molecule has 0 saturated heterocycles. The third kappa shape index (κ3) is 5.42. The van der Waals surface area contributed by atoms with Gasteiger partial charge in [0.1, 0.15) is 0 Å². The lowest BCUT2D eigenvalue weighted by atomic mass is 9.88. The molecular weight excluding hydrogens is 350 g/mol. The second-order valence-electron chi connectivity index (χ2n) is 5.21. The first kappa shape index (κ1) is 17.0. The molecule has 0 atom stereocenters. The SMILES string of the molecule is CC(C)(CCCCl)CNS(=O)(=O)c1ccccc1Br. The second-order valence-corrected chi connectivity index (χ2v) is 8.18. The molecule has 1 aromatic rings. The maximum Gasteiger partial charge on any atom is 0.241 e. The van der Waals surface area contributed by atoms with Crippen LogP contribution in [0.25, 0.3) is 0 Å². The zero-order chi connectivity index (χ0) is 14.5. The van der Waals surface area contributed by atoms with Gasteiger partial charge in [0.25, 0.3) is 0 Å². The molecule has 0 unspecified atom stereocenters. The van der Waals surface area contributed by atoms with Gasteiger partial charge in [0, 0.05) is 16.9 Å². The molecule has 108 valence electrons. The van der Waals surface area contributed by atoms with Crippen molar-refractivity contribution in [3.63, 3.8) is 0 Å². The highest BCUT2D eigenvalue weighted by molar-refractivity contribution is 9.10. The van der Waals surface area contributed by atoms with Crippen molar-refractivity contribution in [3.05, 3.63) is 28.7 Å². The lowest BCUT2D eigenvalue weighted by Crippen LogP contribution is -2.34. The van der Waals surface area contributed by atoms with E-state index in [1.54, 1.807) is 24.3 Å². The summed E-state index contributed by atoms with van der Waals surface area (Å²) in [6.45, 7) is 4.46. The Morgan fingerprint density at radius 2 is 1.95 bits per heavy atom. The average Bonchev–Trinajstić information content (AvgIpc) is 2.35. The Kier molecular flexibility index (Phi) is 6.30. The molecule has 0 aliphatic heterocycles. The Bertz CT molecular complexity index is 517. The number of nitrogens with one attached hydrogen (secondary N) is 1. The highest BCUT2D eigenvalue weighted by Crippen LogP contribution is 2.24. The van der Waals surface area contributed by atoms with E-state index in [4.69, 9.17) is 11.6 Å². The summed E-state index contributed by atoms with van der Waals surface area (Å²) in [5.74, 6) is 0.598. The van der Waals surface area contributed by atoms with Crippen LogP contribution in [0.1, 0.15) is 26.7 Å². The van der Waals surface area contributed by atoms with Crippen molar-refractivity contribution < 1.29 is 8.42 Å². The van der Waals surface area contributed by atoms with Gasteiger partial charge >= 0.3 is 0 Å². The van der Waals surface area contributed by atoms with Gasteiger partial charge in [0.15, 0.2) is 0 Å². The monoisotopic (exact) mass is 367 g/mol. The van der Waals surface area contributed by atoms with Crippen LogP contribution in [0.3, 0.4) is 0 Å². The van der Waals surface area contributed by atoms with Gasteiger partial charge in [0.2, 0.25) is 10.0 Å². The van der Waals surface area contributed by atoms with Crippen molar-refractivity contribution in [2.24, 2.45) is 5.41 Å². The number of sulfonamides is 1. The number of rotatable bonds is 7. The fourth-order valence-corrected chi connectivity index (χ4v) is 4.04. The number of alkyl halides is 1. The summed E-state index contributed by atoms with van der Waals surface area (Å²) in [7, 11) is -3.48. The largest absolute Gasteiger partial charge is 0.241 e. The van der Waals surface area contributed by atoms with E-state index < -0.39 is 10.0 Å². The zero-order valence-corrected chi connectivity index (χ0v) is 14.3.